The fourth-order valence-electron chi connectivity index (χ4n) is 3.64. The number of nitrogens with one attached hydrogen (secondary N) is 1. The quantitative estimate of drug-likeness (QED) is 0.255. The summed E-state index contributed by atoms with van der Waals surface area (Å²) in [7, 11) is -1.37. The summed E-state index contributed by atoms with van der Waals surface area (Å²) in [4.78, 5) is 25.6. The van der Waals surface area contributed by atoms with Gasteiger partial charge in [0, 0.05) is 25.2 Å². The Balaban J connectivity index is 1.35. The Kier molecular flexibility index (Phi) is 5.43. The van der Waals surface area contributed by atoms with Crippen LogP contribution in [0.1, 0.15) is 27.5 Å². The van der Waals surface area contributed by atoms with Gasteiger partial charge in [0.25, 0.3) is 0 Å². The van der Waals surface area contributed by atoms with Crippen LogP contribution < -0.4 is 21.4 Å². The van der Waals surface area contributed by atoms with Crippen molar-refractivity contribution in [2.75, 3.05) is 13.1 Å². The number of aromatic nitrogens is 3. The first-order valence-electron chi connectivity index (χ1n) is 9.46. The van der Waals surface area contributed by atoms with E-state index in [9.17, 15) is 19.7 Å². The van der Waals surface area contributed by atoms with Crippen LogP contribution in [0.3, 0.4) is 0 Å². The number of fused-ring (bicyclic) bond motifs is 1. The lowest BCUT2D eigenvalue weighted by atomic mass is 9.72. The summed E-state index contributed by atoms with van der Waals surface area (Å²) in [5.41, 5.74) is 12.6. The van der Waals surface area contributed by atoms with Gasteiger partial charge >= 0.3 is 13.1 Å². The number of likely N-dealkylation sites (tertiary alicyclic amines) is 1. The van der Waals surface area contributed by atoms with Crippen molar-refractivity contribution >= 4 is 19.0 Å². The van der Waals surface area contributed by atoms with Crippen LogP contribution in [0.5, 0.6) is 5.75 Å². The van der Waals surface area contributed by atoms with Crippen molar-refractivity contribution in [3.05, 3.63) is 41.2 Å². The molecule has 0 spiro atoms. The molecule has 158 valence electrons. The van der Waals surface area contributed by atoms with Gasteiger partial charge in [0.15, 0.2) is 0 Å². The number of para-hydroxylation sites is 1. The van der Waals surface area contributed by atoms with Gasteiger partial charge in [-0.25, -0.2) is 9.48 Å². The number of carboxylic acid groups (broad SMARTS) is 1. The summed E-state index contributed by atoms with van der Waals surface area (Å²) >= 11 is 0. The van der Waals surface area contributed by atoms with E-state index in [-0.39, 0.29) is 36.1 Å². The van der Waals surface area contributed by atoms with Gasteiger partial charge in [-0.3, -0.25) is 9.69 Å². The van der Waals surface area contributed by atoms with Crippen molar-refractivity contribution in [1.82, 2.24) is 25.2 Å². The maximum absolute atomic E-state index is 12.4. The molecule has 30 heavy (non-hydrogen) atoms. The summed E-state index contributed by atoms with van der Waals surface area (Å²) in [6, 6.07) is 4.70. The van der Waals surface area contributed by atoms with Gasteiger partial charge in [-0.15, -0.1) is 5.10 Å². The topological polar surface area (TPSA) is 182 Å². The second-order valence-electron chi connectivity index (χ2n) is 7.47. The molecule has 1 atom stereocenters. The van der Waals surface area contributed by atoms with E-state index in [1.54, 1.807) is 18.3 Å². The molecule has 2 aliphatic rings. The first kappa shape index (κ1) is 20.3. The average molecular weight is 415 g/mol. The lowest BCUT2D eigenvalue weighted by Crippen LogP contribution is -2.58. The molecule has 7 N–H and O–H groups in total. The van der Waals surface area contributed by atoms with Crippen molar-refractivity contribution in [1.29, 1.82) is 0 Å². The molecule has 4 rings (SSSR count). The van der Waals surface area contributed by atoms with Crippen molar-refractivity contribution in [3.63, 3.8) is 0 Å². The molecule has 2 aromatic rings. The van der Waals surface area contributed by atoms with E-state index in [1.807, 2.05) is 4.90 Å². The number of aromatic carboxylic acids is 1. The first-order chi connectivity index (χ1) is 14.3. The van der Waals surface area contributed by atoms with E-state index in [1.165, 1.54) is 10.7 Å². The first-order valence-corrected chi connectivity index (χ1v) is 9.46. The van der Waals surface area contributed by atoms with Crippen LogP contribution in [0, 0.1) is 0 Å². The Morgan fingerprint density at radius 3 is 2.83 bits per heavy atom. The number of carbonyl (C=O) groups is 2. The lowest BCUT2D eigenvalue weighted by molar-refractivity contribution is -0.122. The molecule has 1 aromatic heterocycles. The Labute approximate surface area is 171 Å². The summed E-state index contributed by atoms with van der Waals surface area (Å²) in [6.45, 7) is 1.29. The fraction of sp³-hybridized carbons (Fsp3) is 0.412. The highest BCUT2D eigenvalue weighted by Crippen LogP contribution is 2.30. The number of carboxylic acids is 1. The Morgan fingerprint density at radius 1 is 1.37 bits per heavy atom. The number of nitrogens with two attached hydrogens (primary N) is 2. The second-order valence-corrected chi connectivity index (χ2v) is 7.47. The summed E-state index contributed by atoms with van der Waals surface area (Å²) in [5.74, 6) is -1.95. The Hall–Kier alpha value is -3.00. The molecular formula is C17H22BN7O5. The highest BCUT2D eigenvalue weighted by Gasteiger charge is 2.38. The zero-order chi connectivity index (χ0) is 21.4. The molecule has 1 aromatic carbocycles. The van der Waals surface area contributed by atoms with Gasteiger partial charge < -0.3 is 31.6 Å². The van der Waals surface area contributed by atoms with Crippen molar-refractivity contribution < 1.29 is 24.4 Å². The van der Waals surface area contributed by atoms with Gasteiger partial charge in [0.05, 0.1) is 17.2 Å². The summed E-state index contributed by atoms with van der Waals surface area (Å²) < 4.78 is 6.79. The number of rotatable bonds is 6. The Bertz CT molecular complexity index is 962. The molecule has 12 nitrogen and oxygen atoms in total. The van der Waals surface area contributed by atoms with Gasteiger partial charge in [-0.1, -0.05) is 17.3 Å². The maximum Gasteiger partial charge on any atom is 0.547 e. The van der Waals surface area contributed by atoms with Crippen LogP contribution in [-0.4, -0.2) is 74.3 Å². The van der Waals surface area contributed by atoms with Crippen LogP contribution in [0.4, 0.5) is 0 Å². The van der Waals surface area contributed by atoms with Crippen LogP contribution in [0.15, 0.2) is 24.4 Å². The number of carbonyl (C=O) groups excluding carboxylic acids is 1. The lowest BCUT2D eigenvalue weighted by Gasteiger charge is -2.40. The van der Waals surface area contributed by atoms with E-state index in [4.69, 9.17) is 16.1 Å². The molecule has 1 fully saturated rings. The number of hydrogen-bond donors (Lipinski definition) is 5. The van der Waals surface area contributed by atoms with E-state index in [2.05, 4.69) is 15.6 Å². The SMILES string of the molecule is NC(N)N1CC(c2cn(CC(=O)N[C@H]3Cc4cccc(C(=O)O)c4OB3O)nn2)C1. The summed E-state index contributed by atoms with van der Waals surface area (Å²) in [5, 5.41) is 30.3. The molecule has 3 heterocycles. The molecule has 0 radical (unpaired) electrons. The minimum atomic E-state index is -1.37. The molecule has 1 saturated heterocycles. The standard InChI is InChI=1S/C17H22BN7O5/c19-17(20)24-5-10(6-24)12-7-25(23-22-12)8-14(26)21-13-4-9-2-1-3-11(16(27)28)15(9)30-18(13)29/h1-3,7,10,13,17,29H,4-6,8,19-20H2,(H,21,26)(H,27,28)/t13-/m0/s1. The van der Waals surface area contributed by atoms with Crippen molar-refractivity contribution in [3.8, 4) is 5.75 Å². The third-order valence-electron chi connectivity index (χ3n) is 5.31. The molecular weight excluding hydrogens is 393 g/mol. The zero-order valence-corrected chi connectivity index (χ0v) is 16.0. The molecule has 2 aliphatic heterocycles. The average Bonchev–Trinajstić information content (AvgIpc) is 3.07. The maximum atomic E-state index is 12.4. The number of amides is 1. The van der Waals surface area contributed by atoms with E-state index < -0.39 is 25.3 Å². The third kappa shape index (κ3) is 4.00. The van der Waals surface area contributed by atoms with Crippen LogP contribution in [-0.2, 0) is 17.8 Å². The highest BCUT2D eigenvalue weighted by molar-refractivity contribution is 6.47. The van der Waals surface area contributed by atoms with Crippen molar-refractivity contribution in [2.24, 2.45) is 11.5 Å². The van der Waals surface area contributed by atoms with Gasteiger partial charge in [0.1, 0.15) is 18.6 Å². The Morgan fingerprint density at radius 2 is 2.13 bits per heavy atom. The number of nitrogens with zero attached hydrogens (tertiary/aromatic N) is 4. The number of hydrogen-bond acceptors (Lipinski definition) is 9. The normalized spacial score (nSPS) is 19.2. The van der Waals surface area contributed by atoms with Gasteiger partial charge in [0.2, 0.25) is 5.91 Å². The number of benzene rings is 1. The van der Waals surface area contributed by atoms with E-state index >= 15 is 0 Å². The van der Waals surface area contributed by atoms with Crippen molar-refractivity contribution in [2.45, 2.75) is 31.1 Å². The molecule has 0 saturated carbocycles. The molecule has 0 bridgehead atoms. The predicted octanol–water partition coefficient (Wildman–Crippen LogP) is -2.28. The van der Waals surface area contributed by atoms with Crippen LogP contribution in [0.25, 0.3) is 0 Å². The predicted molar refractivity (Wildman–Crippen MR) is 104 cm³/mol. The molecule has 0 unspecified atom stereocenters. The van der Waals surface area contributed by atoms with Crippen LogP contribution >= 0.6 is 0 Å². The van der Waals surface area contributed by atoms with Gasteiger partial charge in [-0.2, -0.15) is 0 Å². The van der Waals surface area contributed by atoms with E-state index in [0.29, 0.717) is 18.7 Å². The minimum absolute atomic E-state index is 0.0309. The van der Waals surface area contributed by atoms with Crippen LogP contribution in [0.2, 0.25) is 0 Å². The van der Waals surface area contributed by atoms with Gasteiger partial charge in [-0.05, 0) is 18.1 Å². The molecule has 0 aliphatic carbocycles. The van der Waals surface area contributed by atoms with E-state index in [0.717, 1.165) is 5.69 Å². The zero-order valence-electron chi connectivity index (χ0n) is 16.0. The largest absolute Gasteiger partial charge is 0.547 e. The second kappa shape index (κ2) is 8.03. The smallest absolute Gasteiger partial charge is 0.534 e. The monoisotopic (exact) mass is 415 g/mol. The fourth-order valence-corrected chi connectivity index (χ4v) is 3.64. The summed E-state index contributed by atoms with van der Waals surface area (Å²) in [6.07, 6.45) is 1.44. The third-order valence-corrected chi connectivity index (χ3v) is 5.31. The molecule has 1 amide bonds. The highest BCUT2D eigenvalue weighted by atomic mass is 16.5. The molecule has 13 heteroatoms. The minimum Gasteiger partial charge on any atom is -0.534 e.